The third-order valence-electron chi connectivity index (χ3n) is 4.48. The fraction of sp³-hybridized carbons (Fsp3) is 0.667. The average Bonchev–Trinajstić information content (AvgIpc) is 2.90. The molecule has 1 aliphatic heterocycles. The highest BCUT2D eigenvalue weighted by atomic mass is 79.9. The third kappa shape index (κ3) is 2.59. The number of halogens is 1. The van der Waals surface area contributed by atoms with Crippen LogP contribution in [0.1, 0.15) is 31.2 Å². The van der Waals surface area contributed by atoms with Crippen molar-refractivity contribution >= 4 is 21.7 Å². The standard InChI is InChI=1S/C15H21BrN2O2/c1-11-5-8-17-14(13(11)16)18(2)12-3-6-15(7-4-12)19-9-10-20-15/h5,8,12H,3-4,6-7,9-10H2,1-2H3. The summed E-state index contributed by atoms with van der Waals surface area (Å²) in [6.45, 7) is 3.58. The van der Waals surface area contributed by atoms with E-state index in [0.717, 1.165) is 49.2 Å². The molecule has 1 saturated heterocycles. The van der Waals surface area contributed by atoms with Gasteiger partial charge in [-0.1, -0.05) is 0 Å². The monoisotopic (exact) mass is 340 g/mol. The first-order valence-corrected chi connectivity index (χ1v) is 8.02. The fourth-order valence-electron chi connectivity index (χ4n) is 3.16. The molecule has 2 heterocycles. The van der Waals surface area contributed by atoms with Crippen LogP contribution in [0.15, 0.2) is 16.7 Å². The van der Waals surface area contributed by atoms with Gasteiger partial charge in [-0.05, 0) is 47.3 Å². The van der Waals surface area contributed by atoms with Gasteiger partial charge in [0.05, 0.1) is 17.7 Å². The first kappa shape index (κ1) is 14.3. The zero-order valence-corrected chi connectivity index (χ0v) is 13.6. The first-order valence-electron chi connectivity index (χ1n) is 7.23. The molecular formula is C15H21BrN2O2. The van der Waals surface area contributed by atoms with Gasteiger partial charge in [-0.2, -0.15) is 0 Å². The zero-order chi connectivity index (χ0) is 14.2. The molecule has 5 heteroatoms. The van der Waals surface area contributed by atoms with Gasteiger partial charge in [-0.3, -0.25) is 0 Å². The molecule has 110 valence electrons. The molecule has 1 spiro atoms. The van der Waals surface area contributed by atoms with E-state index in [4.69, 9.17) is 9.47 Å². The van der Waals surface area contributed by atoms with Gasteiger partial charge in [0.25, 0.3) is 0 Å². The van der Waals surface area contributed by atoms with Crippen molar-refractivity contribution in [2.45, 2.75) is 44.4 Å². The van der Waals surface area contributed by atoms with E-state index < -0.39 is 0 Å². The van der Waals surface area contributed by atoms with Crippen LogP contribution in [0.3, 0.4) is 0 Å². The molecule has 3 rings (SSSR count). The lowest BCUT2D eigenvalue weighted by Gasteiger charge is -2.39. The highest BCUT2D eigenvalue weighted by Crippen LogP contribution is 2.39. The Kier molecular flexibility index (Phi) is 4.02. The minimum Gasteiger partial charge on any atom is -0.356 e. The van der Waals surface area contributed by atoms with Crippen LogP contribution < -0.4 is 4.90 Å². The second-order valence-corrected chi connectivity index (χ2v) is 6.51. The highest BCUT2D eigenvalue weighted by molar-refractivity contribution is 9.10. The predicted molar refractivity (Wildman–Crippen MR) is 82.0 cm³/mol. The van der Waals surface area contributed by atoms with Crippen LogP contribution in [0.5, 0.6) is 0 Å². The normalized spacial score (nSPS) is 22.4. The van der Waals surface area contributed by atoms with Crippen LogP contribution in [0.4, 0.5) is 5.82 Å². The van der Waals surface area contributed by atoms with Gasteiger partial charge in [0.1, 0.15) is 5.82 Å². The van der Waals surface area contributed by atoms with Crippen molar-refractivity contribution in [3.05, 3.63) is 22.3 Å². The summed E-state index contributed by atoms with van der Waals surface area (Å²) in [5, 5.41) is 0. The maximum atomic E-state index is 5.79. The average molecular weight is 341 g/mol. The Labute approximate surface area is 128 Å². The Morgan fingerprint density at radius 3 is 2.60 bits per heavy atom. The van der Waals surface area contributed by atoms with Gasteiger partial charge in [0.2, 0.25) is 0 Å². The Bertz CT molecular complexity index is 479. The van der Waals surface area contributed by atoms with Crippen molar-refractivity contribution in [2.75, 3.05) is 25.2 Å². The number of ether oxygens (including phenoxy) is 2. The van der Waals surface area contributed by atoms with E-state index in [0.29, 0.717) is 6.04 Å². The largest absolute Gasteiger partial charge is 0.356 e. The Balaban J connectivity index is 1.69. The predicted octanol–water partition coefficient (Wildman–Crippen LogP) is 3.27. The molecule has 0 unspecified atom stereocenters. The van der Waals surface area contributed by atoms with Crippen LogP contribution in [-0.4, -0.2) is 37.1 Å². The number of aromatic nitrogens is 1. The molecule has 0 N–H and O–H groups in total. The number of rotatable bonds is 2. The SMILES string of the molecule is Cc1ccnc(N(C)C2CCC3(CC2)OCCO3)c1Br. The second-order valence-electron chi connectivity index (χ2n) is 5.72. The molecule has 1 saturated carbocycles. The van der Waals surface area contributed by atoms with E-state index in [1.807, 2.05) is 12.3 Å². The number of nitrogens with zero attached hydrogens (tertiary/aromatic N) is 2. The van der Waals surface area contributed by atoms with Crippen molar-refractivity contribution in [1.29, 1.82) is 0 Å². The van der Waals surface area contributed by atoms with Crippen molar-refractivity contribution in [3.63, 3.8) is 0 Å². The van der Waals surface area contributed by atoms with Crippen molar-refractivity contribution in [2.24, 2.45) is 0 Å². The van der Waals surface area contributed by atoms with Crippen LogP contribution in [-0.2, 0) is 9.47 Å². The maximum absolute atomic E-state index is 5.79. The lowest BCUT2D eigenvalue weighted by molar-refractivity contribution is -0.178. The molecule has 0 bridgehead atoms. The summed E-state index contributed by atoms with van der Waals surface area (Å²) in [5.74, 6) is 0.744. The molecule has 4 nitrogen and oxygen atoms in total. The van der Waals surface area contributed by atoms with Gasteiger partial charge >= 0.3 is 0 Å². The number of pyridine rings is 1. The quantitative estimate of drug-likeness (QED) is 0.827. The molecule has 20 heavy (non-hydrogen) atoms. The molecule has 2 aliphatic rings. The van der Waals surface area contributed by atoms with Crippen molar-refractivity contribution < 1.29 is 9.47 Å². The molecule has 0 radical (unpaired) electrons. The van der Waals surface area contributed by atoms with Crippen LogP contribution >= 0.6 is 15.9 Å². The highest BCUT2D eigenvalue weighted by Gasteiger charge is 2.41. The summed E-state index contributed by atoms with van der Waals surface area (Å²) in [6, 6.07) is 2.52. The summed E-state index contributed by atoms with van der Waals surface area (Å²) in [6.07, 6.45) is 5.99. The van der Waals surface area contributed by atoms with Crippen molar-refractivity contribution in [3.8, 4) is 0 Å². The molecule has 1 aromatic rings. The first-order chi connectivity index (χ1) is 9.61. The fourth-order valence-corrected chi connectivity index (χ4v) is 3.67. The lowest BCUT2D eigenvalue weighted by atomic mass is 9.89. The van der Waals surface area contributed by atoms with E-state index in [2.05, 4.69) is 39.8 Å². The van der Waals surface area contributed by atoms with Crippen LogP contribution in [0.25, 0.3) is 0 Å². The van der Waals surface area contributed by atoms with E-state index >= 15 is 0 Å². The van der Waals surface area contributed by atoms with E-state index in [1.54, 1.807) is 0 Å². The van der Waals surface area contributed by atoms with Gasteiger partial charge in [0, 0.05) is 32.1 Å². The van der Waals surface area contributed by atoms with Crippen LogP contribution in [0.2, 0.25) is 0 Å². The Morgan fingerprint density at radius 2 is 1.95 bits per heavy atom. The van der Waals surface area contributed by atoms with Gasteiger partial charge < -0.3 is 14.4 Å². The topological polar surface area (TPSA) is 34.6 Å². The smallest absolute Gasteiger partial charge is 0.168 e. The Hall–Kier alpha value is -0.650. The molecule has 0 aromatic carbocycles. The Morgan fingerprint density at radius 1 is 1.30 bits per heavy atom. The lowest BCUT2D eigenvalue weighted by Crippen LogP contribution is -2.43. The number of hydrogen-bond acceptors (Lipinski definition) is 4. The third-order valence-corrected chi connectivity index (χ3v) is 5.46. The molecule has 2 fully saturated rings. The van der Waals surface area contributed by atoms with Gasteiger partial charge in [-0.25, -0.2) is 4.98 Å². The number of anilines is 1. The van der Waals surface area contributed by atoms with Gasteiger partial charge in [-0.15, -0.1) is 0 Å². The molecule has 0 amide bonds. The summed E-state index contributed by atoms with van der Waals surface area (Å²) in [5.41, 5.74) is 1.22. The summed E-state index contributed by atoms with van der Waals surface area (Å²) in [7, 11) is 2.13. The summed E-state index contributed by atoms with van der Waals surface area (Å²) < 4.78 is 12.7. The number of aryl methyl sites for hydroxylation is 1. The minimum atomic E-state index is -0.283. The van der Waals surface area contributed by atoms with E-state index in [1.165, 1.54) is 5.56 Å². The molecule has 1 aliphatic carbocycles. The van der Waals surface area contributed by atoms with Crippen LogP contribution in [0, 0.1) is 6.92 Å². The summed E-state index contributed by atoms with van der Waals surface area (Å²) >= 11 is 3.65. The molecule has 0 atom stereocenters. The molecular weight excluding hydrogens is 320 g/mol. The second kappa shape index (κ2) is 5.62. The van der Waals surface area contributed by atoms with Gasteiger partial charge in [0.15, 0.2) is 5.79 Å². The summed E-state index contributed by atoms with van der Waals surface area (Å²) in [4.78, 5) is 6.81. The minimum absolute atomic E-state index is 0.283. The molecule has 1 aromatic heterocycles. The zero-order valence-electron chi connectivity index (χ0n) is 12.1. The van der Waals surface area contributed by atoms with E-state index in [9.17, 15) is 0 Å². The van der Waals surface area contributed by atoms with Crippen molar-refractivity contribution in [1.82, 2.24) is 4.98 Å². The van der Waals surface area contributed by atoms with E-state index in [-0.39, 0.29) is 5.79 Å². The number of hydrogen-bond donors (Lipinski definition) is 0. The maximum Gasteiger partial charge on any atom is 0.168 e.